The van der Waals surface area contributed by atoms with Crippen LogP contribution >= 0.6 is 11.8 Å². The summed E-state index contributed by atoms with van der Waals surface area (Å²) in [6.45, 7) is 1.04. The Hall–Kier alpha value is -0.530. The maximum Gasteiger partial charge on any atom is 0.0304 e. The summed E-state index contributed by atoms with van der Waals surface area (Å²) in [5, 5.41) is 0. The first-order chi connectivity index (χ1) is 5.86. The van der Waals surface area contributed by atoms with Crippen molar-refractivity contribution in [2.24, 2.45) is 0 Å². The molecule has 0 radical (unpaired) electrons. The standard InChI is InChI=1S/C10H12ClN/c11-12-7-6-10(12)8-9-4-2-1-3-5-9/h1-5,10H,6-8H2. The van der Waals surface area contributed by atoms with Crippen molar-refractivity contribution in [3.8, 4) is 0 Å². The number of hydrogen-bond donors (Lipinski definition) is 0. The summed E-state index contributed by atoms with van der Waals surface area (Å²) < 4.78 is 1.90. The third-order valence-electron chi connectivity index (χ3n) is 2.39. The predicted octanol–water partition coefficient (Wildman–Crippen LogP) is 2.46. The molecule has 12 heavy (non-hydrogen) atoms. The van der Waals surface area contributed by atoms with Crippen LogP contribution in [0.5, 0.6) is 0 Å². The molecule has 2 heteroatoms. The highest BCUT2D eigenvalue weighted by atomic mass is 35.5. The van der Waals surface area contributed by atoms with Crippen molar-refractivity contribution >= 4 is 11.8 Å². The highest BCUT2D eigenvalue weighted by molar-refractivity contribution is 6.14. The molecule has 1 atom stereocenters. The smallest absolute Gasteiger partial charge is 0.0304 e. The van der Waals surface area contributed by atoms with Gasteiger partial charge in [0, 0.05) is 12.6 Å². The monoisotopic (exact) mass is 181 g/mol. The van der Waals surface area contributed by atoms with Gasteiger partial charge in [0.2, 0.25) is 0 Å². The van der Waals surface area contributed by atoms with Gasteiger partial charge in [0.1, 0.15) is 0 Å². The molecule has 1 heterocycles. The van der Waals surface area contributed by atoms with E-state index < -0.39 is 0 Å². The van der Waals surface area contributed by atoms with Crippen molar-refractivity contribution in [1.82, 2.24) is 4.42 Å². The number of halogens is 1. The molecule has 1 saturated heterocycles. The van der Waals surface area contributed by atoms with Crippen LogP contribution in [0.15, 0.2) is 30.3 Å². The average molecular weight is 182 g/mol. The van der Waals surface area contributed by atoms with Gasteiger partial charge in [-0.05, 0) is 30.2 Å². The summed E-state index contributed by atoms with van der Waals surface area (Å²) in [5.74, 6) is 0. The van der Waals surface area contributed by atoms with Crippen molar-refractivity contribution in [1.29, 1.82) is 0 Å². The van der Waals surface area contributed by atoms with Crippen LogP contribution < -0.4 is 0 Å². The highest BCUT2D eigenvalue weighted by Crippen LogP contribution is 2.22. The fourth-order valence-corrected chi connectivity index (χ4v) is 1.76. The molecule has 0 N–H and O–H groups in total. The number of nitrogens with zero attached hydrogens (tertiary/aromatic N) is 1. The van der Waals surface area contributed by atoms with Gasteiger partial charge in [-0.25, -0.2) is 4.42 Å². The van der Waals surface area contributed by atoms with Crippen LogP contribution in [0.3, 0.4) is 0 Å². The fraction of sp³-hybridized carbons (Fsp3) is 0.400. The zero-order valence-corrected chi connectivity index (χ0v) is 7.67. The van der Waals surface area contributed by atoms with Crippen LogP contribution in [0, 0.1) is 0 Å². The Morgan fingerprint density at radius 2 is 2.08 bits per heavy atom. The van der Waals surface area contributed by atoms with Crippen molar-refractivity contribution in [3.63, 3.8) is 0 Å². The van der Waals surface area contributed by atoms with Gasteiger partial charge in [-0.2, -0.15) is 0 Å². The minimum absolute atomic E-state index is 0.564. The maximum atomic E-state index is 5.90. The van der Waals surface area contributed by atoms with Crippen LogP contribution in [0.1, 0.15) is 12.0 Å². The largest absolute Gasteiger partial charge is 0.217 e. The number of rotatable bonds is 2. The molecule has 0 aromatic heterocycles. The van der Waals surface area contributed by atoms with E-state index in [9.17, 15) is 0 Å². The molecule has 0 bridgehead atoms. The van der Waals surface area contributed by atoms with E-state index in [1.807, 2.05) is 10.5 Å². The van der Waals surface area contributed by atoms with Gasteiger partial charge in [0.05, 0.1) is 0 Å². The zero-order valence-electron chi connectivity index (χ0n) is 6.91. The van der Waals surface area contributed by atoms with Gasteiger partial charge in [0.15, 0.2) is 0 Å². The minimum atomic E-state index is 0.564. The van der Waals surface area contributed by atoms with Crippen LogP contribution in [0.4, 0.5) is 0 Å². The molecule has 1 aromatic carbocycles. The quantitative estimate of drug-likeness (QED) is 0.634. The summed E-state index contributed by atoms with van der Waals surface area (Å²) in [6.07, 6.45) is 2.32. The summed E-state index contributed by atoms with van der Waals surface area (Å²) >= 11 is 5.90. The van der Waals surface area contributed by atoms with Crippen LogP contribution in [-0.2, 0) is 6.42 Å². The van der Waals surface area contributed by atoms with Gasteiger partial charge < -0.3 is 0 Å². The molecule has 0 saturated carbocycles. The van der Waals surface area contributed by atoms with E-state index in [1.54, 1.807) is 0 Å². The Kier molecular flexibility index (Phi) is 2.33. The van der Waals surface area contributed by atoms with Crippen molar-refractivity contribution in [2.75, 3.05) is 6.54 Å². The van der Waals surface area contributed by atoms with Crippen LogP contribution in [0.25, 0.3) is 0 Å². The van der Waals surface area contributed by atoms with E-state index in [-0.39, 0.29) is 0 Å². The number of hydrogen-bond acceptors (Lipinski definition) is 1. The second-order valence-corrected chi connectivity index (χ2v) is 3.69. The summed E-state index contributed by atoms with van der Waals surface area (Å²) in [4.78, 5) is 0. The molecule has 1 fully saturated rings. The summed E-state index contributed by atoms with van der Waals surface area (Å²) in [6, 6.07) is 11.1. The van der Waals surface area contributed by atoms with Gasteiger partial charge in [-0.1, -0.05) is 30.3 Å². The maximum absolute atomic E-state index is 5.90. The van der Waals surface area contributed by atoms with Crippen LogP contribution in [-0.4, -0.2) is 17.0 Å². The SMILES string of the molecule is ClN1CCC1Cc1ccccc1. The molecule has 0 aliphatic carbocycles. The molecule has 1 aliphatic heterocycles. The molecule has 2 rings (SSSR count). The fourth-order valence-electron chi connectivity index (χ4n) is 1.50. The van der Waals surface area contributed by atoms with Gasteiger partial charge in [0.25, 0.3) is 0 Å². The summed E-state index contributed by atoms with van der Waals surface area (Å²) in [7, 11) is 0. The third-order valence-corrected chi connectivity index (χ3v) is 2.83. The second-order valence-electron chi connectivity index (χ2n) is 3.26. The Bertz CT molecular complexity index is 247. The van der Waals surface area contributed by atoms with E-state index >= 15 is 0 Å². The van der Waals surface area contributed by atoms with Crippen LogP contribution in [0.2, 0.25) is 0 Å². The topological polar surface area (TPSA) is 3.24 Å². The van der Waals surface area contributed by atoms with Gasteiger partial charge in [-0.3, -0.25) is 0 Å². The number of benzene rings is 1. The first-order valence-corrected chi connectivity index (χ1v) is 4.66. The van der Waals surface area contributed by atoms with E-state index in [4.69, 9.17) is 11.8 Å². The lowest BCUT2D eigenvalue weighted by atomic mass is 9.98. The van der Waals surface area contributed by atoms with E-state index in [1.165, 1.54) is 12.0 Å². The Morgan fingerprint density at radius 3 is 2.58 bits per heavy atom. The van der Waals surface area contributed by atoms with E-state index in [0.29, 0.717) is 6.04 Å². The molecule has 1 aromatic rings. The lowest BCUT2D eigenvalue weighted by molar-refractivity contribution is 0.207. The van der Waals surface area contributed by atoms with E-state index in [2.05, 4.69) is 24.3 Å². The second kappa shape index (κ2) is 3.46. The average Bonchev–Trinajstić information content (AvgIpc) is 2.14. The first kappa shape index (κ1) is 8.09. The van der Waals surface area contributed by atoms with E-state index in [0.717, 1.165) is 13.0 Å². The van der Waals surface area contributed by atoms with Crippen molar-refractivity contribution < 1.29 is 0 Å². The summed E-state index contributed by atoms with van der Waals surface area (Å²) in [5.41, 5.74) is 1.38. The Labute approximate surface area is 78.1 Å². The molecule has 0 amide bonds. The normalized spacial score (nSPS) is 23.6. The van der Waals surface area contributed by atoms with Gasteiger partial charge >= 0.3 is 0 Å². The zero-order chi connectivity index (χ0) is 8.39. The molecule has 1 nitrogen and oxygen atoms in total. The molecule has 1 aliphatic rings. The molecular formula is C10H12ClN. The molecule has 64 valence electrons. The molecule has 1 unspecified atom stereocenters. The van der Waals surface area contributed by atoms with Crippen molar-refractivity contribution in [3.05, 3.63) is 35.9 Å². The predicted molar refractivity (Wildman–Crippen MR) is 51.1 cm³/mol. The first-order valence-electron chi connectivity index (χ1n) is 4.32. The minimum Gasteiger partial charge on any atom is -0.217 e. The van der Waals surface area contributed by atoms with Crippen molar-refractivity contribution in [2.45, 2.75) is 18.9 Å². The Balaban J connectivity index is 1.95. The third kappa shape index (κ3) is 1.62. The van der Waals surface area contributed by atoms with Gasteiger partial charge in [-0.15, -0.1) is 0 Å². The lowest BCUT2D eigenvalue weighted by Crippen LogP contribution is -2.42. The molecular weight excluding hydrogens is 170 g/mol. The molecule has 0 spiro atoms. The highest BCUT2D eigenvalue weighted by Gasteiger charge is 2.25. The lowest BCUT2D eigenvalue weighted by Gasteiger charge is -2.34. The Morgan fingerprint density at radius 1 is 1.33 bits per heavy atom.